The highest BCUT2D eigenvalue weighted by atomic mass is 79.9. The van der Waals surface area contributed by atoms with Crippen LogP contribution in [-0.2, 0) is 10.9 Å². The van der Waals surface area contributed by atoms with Crippen molar-refractivity contribution in [1.29, 1.82) is 0 Å². The van der Waals surface area contributed by atoms with E-state index in [1.54, 1.807) is 11.8 Å². The lowest BCUT2D eigenvalue weighted by molar-refractivity contribution is -0.141. The van der Waals surface area contributed by atoms with Crippen LogP contribution in [0, 0.1) is 6.92 Å². The van der Waals surface area contributed by atoms with Gasteiger partial charge in [0, 0.05) is 19.3 Å². The van der Waals surface area contributed by atoms with E-state index in [1.165, 1.54) is 4.40 Å². The minimum Gasteiger partial charge on any atom is -0.378 e. The number of aryl methyl sites for hydroxylation is 1. The molecule has 2 aromatic heterocycles. The largest absolute Gasteiger partial charge is 0.434 e. The predicted molar refractivity (Wildman–Crippen MR) is 73.5 cm³/mol. The molecule has 1 saturated heterocycles. The highest BCUT2D eigenvalue weighted by Crippen LogP contribution is 2.33. The van der Waals surface area contributed by atoms with Crippen molar-refractivity contribution in [1.82, 2.24) is 14.4 Å². The molecule has 1 aliphatic heterocycles. The number of nitrogens with zero attached hydrogens (tertiary/aromatic N) is 4. The summed E-state index contributed by atoms with van der Waals surface area (Å²) in [5.74, 6) is 0.238. The maximum Gasteiger partial charge on any atom is 0.434 e. The van der Waals surface area contributed by atoms with Gasteiger partial charge in [0.25, 0.3) is 0 Å². The van der Waals surface area contributed by atoms with Crippen molar-refractivity contribution in [3.05, 3.63) is 22.2 Å². The van der Waals surface area contributed by atoms with Gasteiger partial charge in [-0.2, -0.15) is 13.2 Å². The van der Waals surface area contributed by atoms with Crippen LogP contribution in [0.4, 0.5) is 19.0 Å². The van der Waals surface area contributed by atoms with Crippen LogP contribution in [0.2, 0.25) is 0 Å². The van der Waals surface area contributed by atoms with E-state index in [2.05, 4.69) is 25.9 Å². The molecule has 1 fully saturated rings. The van der Waals surface area contributed by atoms with Crippen molar-refractivity contribution in [3.63, 3.8) is 0 Å². The van der Waals surface area contributed by atoms with Crippen LogP contribution < -0.4 is 4.90 Å². The molecular formula is C12H12BrF3N4O. The van der Waals surface area contributed by atoms with Crippen LogP contribution in [0.5, 0.6) is 0 Å². The summed E-state index contributed by atoms with van der Waals surface area (Å²) >= 11 is 3.27. The predicted octanol–water partition coefficient (Wildman–Crippen LogP) is 2.66. The zero-order valence-corrected chi connectivity index (χ0v) is 12.7. The number of aromatic nitrogens is 3. The number of hydrogen-bond acceptors (Lipinski definition) is 4. The number of anilines is 1. The van der Waals surface area contributed by atoms with Gasteiger partial charge in [-0.1, -0.05) is 0 Å². The molecule has 0 bridgehead atoms. The van der Waals surface area contributed by atoms with Gasteiger partial charge in [-0.25, -0.2) is 9.97 Å². The third kappa shape index (κ3) is 2.59. The molecule has 3 heterocycles. The lowest BCUT2D eigenvalue weighted by atomic mass is 10.3. The normalized spacial score (nSPS) is 16.7. The fourth-order valence-corrected chi connectivity index (χ4v) is 2.60. The topological polar surface area (TPSA) is 42.7 Å². The highest BCUT2D eigenvalue weighted by molar-refractivity contribution is 9.10. The van der Waals surface area contributed by atoms with Gasteiger partial charge in [0.05, 0.1) is 18.9 Å². The fourth-order valence-electron chi connectivity index (χ4n) is 2.24. The molecule has 0 atom stereocenters. The SMILES string of the molecule is Cc1nc2c(N3CCOCC3)nc(C(F)(F)F)cn2c1Br. The molecule has 0 spiro atoms. The van der Waals surface area contributed by atoms with Crippen molar-refractivity contribution in [2.75, 3.05) is 31.2 Å². The second kappa shape index (κ2) is 5.13. The van der Waals surface area contributed by atoms with E-state index in [1.807, 2.05) is 0 Å². The second-order valence-corrected chi connectivity index (χ2v) is 5.48. The van der Waals surface area contributed by atoms with Gasteiger partial charge in [-0.3, -0.25) is 4.40 Å². The van der Waals surface area contributed by atoms with Crippen molar-refractivity contribution in [2.45, 2.75) is 13.1 Å². The van der Waals surface area contributed by atoms with Crippen LogP contribution in [0.15, 0.2) is 10.8 Å². The summed E-state index contributed by atoms with van der Waals surface area (Å²) in [6.45, 7) is 3.64. The van der Waals surface area contributed by atoms with Gasteiger partial charge >= 0.3 is 6.18 Å². The summed E-state index contributed by atoms with van der Waals surface area (Å²) in [7, 11) is 0. The molecule has 2 aromatic rings. The van der Waals surface area contributed by atoms with Crippen molar-refractivity contribution in [3.8, 4) is 0 Å². The van der Waals surface area contributed by atoms with Crippen LogP contribution in [0.1, 0.15) is 11.4 Å². The summed E-state index contributed by atoms with van der Waals surface area (Å²) in [5.41, 5.74) is 0.0921. The Bertz CT molecular complexity index is 679. The summed E-state index contributed by atoms with van der Waals surface area (Å²) in [5, 5.41) is 0. The first-order chi connectivity index (χ1) is 9.88. The standard InChI is InChI=1S/C12H12BrF3N4O/c1-7-9(13)20-6-8(12(14,15)16)18-10(11(20)17-7)19-2-4-21-5-3-19/h6H,2-5H2,1H3. The monoisotopic (exact) mass is 364 g/mol. The first-order valence-electron chi connectivity index (χ1n) is 6.33. The summed E-state index contributed by atoms with van der Waals surface area (Å²) < 4.78 is 46.3. The summed E-state index contributed by atoms with van der Waals surface area (Å²) in [6.07, 6.45) is -3.55. The van der Waals surface area contributed by atoms with Crippen molar-refractivity contribution >= 4 is 27.4 Å². The van der Waals surface area contributed by atoms with Gasteiger partial charge in [-0.15, -0.1) is 0 Å². The zero-order chi connectivity index (χ0) is 15.2. The minimum atomic E-state index is -4.51. The Labute approximate surface area is 126 Å². The smallest absolute Gasteiger partial charge is 0.378 e. The molecule has 0 aliphatic carbocycles. The van der Waals surface area contributed by atoms with Crippen molar-refractivity contribution < 1.29 is 17.9 Å². The molecule has 0 aromatic carbocycles. The van der Waals surface area contributed by atoms with E-state index in [-0.39, 0.29) is 5.82 Å². The molecule has 0 radical (unpaired) electrons. The average molecular weight is 365 g/mol. The van der Waals surface area contributed by atoms with Crippen LogP contribution >= 0.6 is 15.9 Å². The summed E-state index contributed by atoms with van der Waals surface area (Å²) in [6, 6.07) is 0. The Kier molecular flexibility index (Phi) is 3.56. The van der Waals surface area contributed by atoms with Gasteiger partial charge < -0.3 is 9.64 Å². The van der Waals surface area contributed by atoms with E-state index in [0.29, 0.717) is 42.2 Å². The van der Waals surface area contributed by atoms with Crippen LogP contribution in [-0.4, -0.2) is 40.7 Å². The molecule has 0 N–H and O–H groups in total. The number of alkyl halides is 3. The number of morpholine rings is 1. The fraction of sp³-hybridized carbons (Fsp3) is 0.500. The van der Waals surface area contributed by atoms with E-state index >= 15 is 0 Å². The lowest BCUT2D eigenvalue weighted by Gasteiger charge is -2.28. The molecule has 0 amide bonds. The number of hydrogen-bond donors (Lipinski definition) is 0. The lowest BCUT2D eigenvalue weighted by Crippen LogP contribution is -2.37. The average Bonchev–Trinajstić information content (AvgIpc) is 2.74. The number of halogens is 4. The van der Waals surface area contributed by atoms with Crippen molar-refractivity contribution in [2.24, 2.45) is 0 Å². The van der Waals surface area contributed by atoms with E-state index < -0.39 is 11.9 Å². The first-order valence-corrected chi connectivity index (χ1v) is 7.12. The van der Waals surface area contributed by atoms with Gasteiger partial charge in [0.15, 0.2) is 17.2 Å². The molecule has 5 nitrogen and oxygen atoms in total. The van der Waals surface area contributed by atoms with Gasteiger partial charge in [0.1, 0.15) is 4.60 Å². The third-order valence-corrected chi connectivity index (χ3v) is 4.25. The molecular weight excluding hydrogens is 353 g/mol. The van der Waals surface area contributed by atoms with Gasteiger partial charge in [-0.05, 0) is 22.9 Å². The molecule has 3 rings (SSSR count). The quantitative estimate of drug-likeness (QED) is 0.780. The number of imidazole rings is 1. The molecule has 0 saturated carbocycles. The molecule has 114 valence electrons. The van der Waals surface area contributed by atoms with E-state index in [4.69, 9.17) is 4.74 Å². The first kappa shape index (κ1) is 14.6. The number of fused-ring (bicyclic) bond motifs is 1. The Morgan fingerprint density at radius 3 is 2.52 bits per heavy atom. The Morgan fingerprint density at radius 2 is 1.90 bits per heavy atom. The van der Waals surface area contributed by atoms with E-state index in [0.717, 1.165) is 6.20 Å². The molecule has 0 unspecified atom stereocenters. The molecule has 21 heavy (non-hydrogen) atoms. The van der Waals surface area contributed by atoms with E-state index in [9.17, 15) is 13.2 Å². The minimum absolute atomic E-state index is 0.238. The molecule has 9 heteroatoms. The third-order valence-electron chi connectivity index (χ3n) is 3.29. The maximum absolute atomic E-state index is 13.0. The second-order valence-electron chi connectivity index (χ2n) is 4.73. The Hall–Kier alpha value is -1.35. The Balaban J connectivity index is 2.22. The van der Waals surface area contributed by atoms with Gasteiger partial charge in [0.2, 0.25) is 0 Å². The van der Waals surface area contributed by atoms with Crippen LogP contribution in [0.3, 0.4) is 0 Å². The Morgan fingerprint density at radius 1 is 1.24 bits per heavy atom. The molecule has 1 aliphatic rings. The van der Waals surface area contributed by atoms with Crippen LogP contribution in [0.25, 0.3) is 5.65 Å². The zero-order valence-electron chi connectivity index (χ0n) is 11.1. The maximum atomic E-state index is 13.0. The summed E-state index contributed by atoms with van der Waals surface area (Å²) in [4.78, 5) is 9.88. The number of rotatable bonds is 1. The number of ether oxygens (including phenoxy) is 1. The highest BCUT2D eigenvalue weighted by Gasteiger charge is 2.35.